The van der Waals surface area contributed by atoms with Crippen LogP contribution in [0.1, 0.15) is 23.3 Å². The average Bonchev–Trinajstić information content (AvgIpc) is 3.23. The second kappa shape index (κ2) is 8.12. The molecule has 3 heterocycles. The standard InChI is InChI=1S/C17H22N6O4/c1-27-10-6-18-16(26)17(23-7-2-5-21-23)3-8-22(9-4-17)15(25)13-11-14(24)20-12-19-13/h2,5,7,11-12H,3-4,6,8-10H2,1H3,(H,18,26)(H,19,20,24). The molecule has 1 aliphatic rings. The molecule has 10 nitrogen and oxygen atoms in total. The van der Waals surface area contributed by atoms with Crippen molar-refractivity contribution in [1.82, 2.24) is 30.0 Å². The molecule has 2 aromatic heterocycles. The van der Waals surface area contributed by atoms with Gasteiger partial charge in [-0.3, -0.25) is 19.1 Å². The third-order valence-corrected chi connectivity index (χ3v) is 4.73. The van der Waals surface area contributed by atoms with Crippen molar-refractivity contribution in [3.63, 3.8) is 0 Å². The van der Waals surface area contributed by atoms with Crippen molar-refractivity contribution in [3.05, 3.63) is 46.9 Å². The van der Waals surface area contributed by atoms with Crippen LogP contribution in [-0.2, 0) is 15.1 Å². The molecule has 1 aliphatic heterocycles. The maximum Gasteiger partial charge on any atom is 0.272 e. The van der Waals surface area contributed by atoms with Crippen LogP contribution in [0, 0.1) is 0 Å². The molecule has 3 rings (SSSR count). The smallest absolute Gasteiger partial charge is 0.272 e. The van der Waals surface area contributed by atoms with Crippen LogP contribution >= 0.6 is 0 Å². The number of hydrogen-bond donors (Lipinski definition) is 2. The fourth-order valence-corrected chi connectivity index (χ4v) is 3.24. The first-order valence-electron chi connectivity index (χ1n) is 8.68. The zero-order chi connectivity index (χ0) is 19.3. The summed E-state index contributed by atoms with van der Waals surface area (Å²) in [6.07, 6.45) is 5.40. The van der Waals surface area contributed by atoms with Gasteiger partial charge in [0.15, 0.2) is 0 Å². The van der Waals surface area contributed by atoms with Gasteiger partial charge in [-0.25, -0.2) is 4.98 Å². The number of carbonyl (C=O) groups is 2. The number of nitrogens with zero attached hydrogens (tertiary/aromatic N) is 4. The first kappa shape index (κ1) is 18.8. The summed E-state index contributed by atoms with van der Waals surface area (Å²) in [5.74, 6) is -0.473. The van der Waals surface area contributed by atoms with Crippen LogP contribution < -0.4 is 10.9 Å². The monoisotopic (exact) mass is 374 g/mol. The number of hydrogen-bond acceptors (Lipinski definition) is 6. The molecule has 2 aromatic rings. The summed E-state index contributed by atoms with van der Waals surface area (Å²) < 4.78 is 6.64. The van der Waals surface area contributed by atoms with Gasteiger partial charge in [0.25, 0.3) is 11.5 Å². The van der Waals surface area contributed by atoms with Gasteiger partial charge in [0.2, 0.25) is 5.91 Å². The van der Waals surface area contributed by atoms with E-state index in [1.165, 1.54) is 12.4 Å². The molecule has 1 saturated heterocycles. The fourth-order valence-electron chi connectivity index (χ4n) is 3.24. The Morgan fingerprint density at radius 2 is 2.15 bits per heavy atom. The molecule has 0 radical (unpaired) electrons. The van der Waals surface area contributed by atoms with Crippen LogP contribution in [0.25, 0.3) is 0 Å². The number of H-pyrrole nitrogens is 1. The lowest BCUT2D eigenvalue weighted by atomic mass is 9.86. The van der Waals surface area contributed by atoms with Gasteiger partial charge < -0.3 is 19.9 Å². The first-order valence-corrected chi connectivity index (χ1v) is 8.68. The molecule has 0 spiro atoms. The van der Waals surface area contributed by atoms with Gasteiger partial charge in [0.05, 0.1) is 12.9 Å². The molecule has 0 aliphatic carbocycles. The Kier molecular flexibility index (Phi) is 5.65. The quantitative estimate of drug-likeness (QED) is 0.649. The Morgan fingerprint density at radius 3 is 2.78 bits per heavy atom. The molecule has 2 amide bonds. The zero-order valence-corrected chi connectivity index (χ0v) is 15.1. The van der Waals surface area contributed by atoms with Crippen molar-refractivity contribution in [1.29, 1.82) is 0 Å². The van der Waals surface area contributed by atoms with Crippen LogP contribution in [0.15, 0.2) is 35.6 Å². The Balaban J connectivity index is 1.75. The number of ether oxygens (including phenoxy) is 1. The molecule has 10 heteroatoms. The predicted octanol–water partition coefficient (Wildman–Crippen LogP) is -0.639. The number of aromatic amines is 1. The minimum absolute atomic E-state index is 0.0925. The van der Waals surface area contributed by atoms with Crippen molar-refractivity contribution in [2.24, 2.45) is 0 Å². The van der Waals surface area contributed by atoms with E-state index in [4.69, 9.17) is 4.74 Å². The Labute approximate surface area is 155 Å². The lowest BCUT2D eigenvalue weighted by Gasteiger charge is -2.40. The van der Waals surface area contributed by atoms with E-state index in [0.717, 1.165) is 0 Å². The molecule has 0 aromatic carbocycles. The minimum atomic E-state index is -0.865. The highest BCUT2D eigenvalue weighted by Crippen LogP contribution is 2.30. The maximum atomic E-state index is 12.9. The zero-order valence-electron chi connectivity index (χ0n) is 15.1. The summed E-state index contributed by atoms with van der Waals surface area (Å²) in [5.41, 5.74) is -1.15. The van der Waals surface area contributed by atoms with Gasteiger partial charge in [0, 0.05) is 45.2 Å². The molecule has 27 heavy (non-hydrogen) atoms. The second-order valence-corrected chi connectivity index (χ2v) is 6.32. The van der Waals surface area contributed by atoms with Crippen molar-refractivity contribution in [2.75, 3.05) is 33.4 Å². The molecule has 0 bridgehead atoms. The summed E-state index contributed by atoms with van der Waals surface area (Å²) in [4.78, 5) is 44.8. The van der Waals surface area contributed by atoms with Gasteiger partial charge in [-0.15, -0.1) is 0 Å². The lowest BCUT2D eigenvalue weighted by molar-refractivity contribution is -0.133. The van der Waals surface area contributed by atoms with Crippen molar-refractivity contribution < 1.29 is 14.3 Å². The Hall–Kier alpha value is -3.01. The number of aromatic nitrogens is 4. The number of piperidine rings is 1. The van der Waals surface area contributed by atoms with E-state index in [-0.39, 0.29) is 23.1 Å². The Morgan fingerprint density at radius 1 is 1.37 bits per heavy atom. The second-order valence-electron chi connectivity index (χ2n) is 6.32. The minimum Gasteiger partial charge on any atom is -0.383 e. The highest BCUT2D eigenvalue weighted by molar-refractivity contribution is 5.92. The van der Waals surface area contributed by atoms with E-state index >= 15 is 0 Å². The van der Waals surface area contributed by atoms with Gasteiger partial charge >= 0.3 is 0 Å². The van der Waals surface area contributed by atoms with E-state index in [0.29, 0.717) is 39.1 Å². The van der Waals surface area contributed by atoms with Crippen LogP contribution in [0.5, 0.6) is 0 Å². The molecular weight excluding hydrogens is 352 g/mol. The maximum absolute atomic E-state index is 12.9. The number of nitrogens with one attached hydrogen (secondary N) is 2. The summed E-state index contributed by atoms with van der Waals surface area (Å²) in [7, 11) is 1.57. The highest BCUT2D eigenvalue weighted by atomic mass is 16.5. The molecule has 2 N–H and O–H groups in total. The first-order chi connectivity index (χ1) is 13.1. The average molecular weight is 374 g/mol. The topological polar surface area (TPSA) is 122 Å². The van der Waals surface area contributed by atoms with Crippen LogP contribution in [0.4, 0.5) is 0 Å². The Bertz CT molecular complexity index is 839. The highest BCUT2D eigenvalue weighted by Gasteiger charge is 2.44. The van der Waals surface area contributed by atoms with E-state index in [9.17, 15) is 14.4 Å². The van der Waals surface area contributed by atoms with Crippen molar-refractivity contribution in [2.45, 2.75) is 18.4 Å². The molecular formula is C17H22N6O4. The normalized spacial score (nSPS) is 16.1. The summed E-state index contributed by atoms with van der Waals surface area (Å²) in [6, 6.07) is 2.94. The van der Waals surface area contributed by atoms with Crippen molar-refractivity contribution in [3.8, 4) is 0 Å². The van der Waals surface area contributed by atoms with Crippen LogP contribution in [0.3, 0.4) is 0 Å². The van der Waals surface area contributed by atoms with Crippen LogP contribution in [0.2, 0.25) is 0 Å². The van der Waals surface area contributed by atoms with E-state index in [1.54, 1.807) is 35.2 Å². The predicted molar refractivity (Wildman–Crippen MR) is 95.1 cm³/mol. The number of carbonyl (C=O) groups excluding carboxylic acids is 2. The fraction of sp³-hybridized carbons (Fsp3) is 0.471. The SMILES string of the molecule is COCCNC(=O)C1(n2cccn2)CCN(C(=O)c2cc(=O)[nH]cn2)CC1. The number of likely N-dealkylation sites (tertiary alicyclic amines) is 1. The number of amides is 2. The number of methoxy groups -OCH3 is 1. The molecule has 1 fully saturated rings. The van der Waals surface area contributed by atoms with Gasteiger partial charge in [-0.2, -0.15) is 5.10 Å². The van der Waals surface area contributed by atoms with E-state index in [1.807, 2.05) is 0 Å². The largest absolute Gasteiger partial charge is 0.383 e. The molecule has 0 saturated carbocycles. The van der Waals surface area contributed by atoms with E-state index < -0.39 is 5.54 Å². The molecule has 0 atom stereocenters. The molecule has 144 valence electrons. The summed E-state index contributed by atoms with van der Waals surface area (Å²) in [6.45, 7) is 1.52. The van der Waals surface area contributed by atoms with Gasteiger partial charge in [0.1, 0.15) is 11.2 Å². The van der Waals surface area contributed by atoms with Gasteiger partial charge in [-0.05, 0) is 18.9 Å². The van der Waals surface area contributed by atoms with E-state index in [2.05, 4.69) is 20.4 Å². The number of rotatable bonds is 6. The molecule has 0 unspecified atom stereocenters. The lowest BCUT2D eigenvalue weighted by Crippen LogP contribution is -2.56. The third-order valence-electron chi connectivity index (χ3n) is 4.73. The summed E-state index contributed by atoms with van der Waals surface area (Å²) >= 11 is 0. The third kappa shape index (κ3) is 3.90. The van der Waals surface area contributed by atoms with Crippen molar-refractivity contribution >= 4 is 11.8 Å². The van der Waals surface area contributed by atoms with Gasteiger partial charge in [-0.1, -0.05) is 0 Å². The summed E-state index contributed by atoms with van der Waals surface area (Å²) in [5, 5.41) is 7.14. The van der Waals surface area contributed by atoms with Crippen LogP contribution in [-0.4, -0.2) is 69.8 Å².